The second-order valence-corrected chi connectivity index (χ2v) is 5.22. The topological polar surface area (TPSA) is 76.7 Å². The van der Waals surface area contributed by atoms with Crippen LogP contribution in [0.1, 0.15) is 0 Å². The van der Waals surface area contributed by atoms with Crippen LogP contribution in [0.4, 0.5) is 11.4 Å². The molecule has 0 fully saturated rings. The first-order chi connectivity index (χ1) is 11.1. The molecule has 0 aliphatic carbocycles. The third-order valence-electron chi connectivity index (χ3n) is 3.09. The van der Waals surface area contributed by atoms with Gasteiger partial charge in [0, 0.05) is 11.8 Å². The number of halogens is 1. The third kappa shape index (κ3) is 3.73. The highest BCUT2D eigenvalue weighted by atomic mass is 35.5. The molecule has 3 rings (SSSR count). The molecule has 0 saturated carbocycles. The number of ether oxygens (including phenoxy) is 2. The largest absolute Gasteiger partial charge is 0.482 e. The highest BCUT2D eigenvalue weighted by Gasteiger charge is 2.16. The number of anilines is 2. The Morgan fingerprint density at radius 1 is 1.30 bits per heavy atom. The van der Waals surface area contributed by atoms with Crippen LogP contribution in [-0.4, -0.2) is 25.0 Å². The van der Waals surface area contributed by atoms with E-state index < -0.39 is 0 Å². The van der Waals surface area contributed by atoms with Crippen LogP contribution in [0.5, 0.6) is 11.5 Å². The lowest BCUT2D eigenvalue weighted by Crippen LogP contribution is -2.25. The standard InChI is InChI=1S/C16H13ClN2O4/c17-11-3-1-2-4-13(11)22-8-15(20)18-10-5-6-12-14(7-10)23-9-16(21)19-12/h1-7H,8-9H2,(H,18,20)(H,19,21). The van der Waals surface area contributed by atoms with Gasteiger partial charge in [-0.25, -0.2) is 0 Å². The Hall–Kier alpha value is -2.73. The van der Waals surface area contributed by atoms with Crippen LogP contribution in [-0.2, 0) is 9.59 Å². The summed E-state index contributed by atoms with van der Waals surface area (Å²) in [6.45, 7) is -0.210. The number of hydrogen-bond donors (Lipinski definition) is 2. The summed E-state index contributed by atoms with van der Waals surface area (Å²) in [6.07, 6.45) is 0. The van der Waals surface area contributed by atoms with Gasteiger partial charge in [0.15, 0.2) is 13.2 Å². The van der Waals surface area contributed by atoms with E-state index in [0.29, 0.717) is 27.9 Å². The molecule has 7 heteroatoms. The van der Waals surface area contributed by atoms with Crippen molar-refractivity contribution >= 4 is 34.8 Å². The minimum absolute atomic E-state index is 0.0416. The molecule has 0 bridgehead atoms. The first-order valence-corrected chi connectivity index (χ1v) is 7.23. The van der Waals surface area contributed by atoms with Crippen molar-refractivity contribution in [2.45, 2.75) is 0 Å². The van der Waals surface area contributed by atoms with E-state index >= 15 is 0 Å². The van der Waals surface area contributed by atoms with Crippen molar-refractivity contribution in [1.29, 1.82) is 0 Å². The van der Waals surface area contributed by atoms with Crippen LogP contribution in [0.3, 0.4) is 0 Å². The van der Waals surface area contributed by atoms with Crippen molar-refractivity contribution in [3.8, 4) is 11.5 Å². The number of benzene rings is 2. The average molecular weight is 333 g/mol. The summed E-state index contributed by atoms with van der Waals surface area (Å²) in [7, 11) is 0. The Balaban J connectivity index is 1.60. The lowest BCUT2D eigenvalue weighted by molar-refractivity contribution is -0.119. The van der Waals surface area contributed by atoms with Crippen LogP contribution in [0.15, 0.2) is 42.5 Å². The summed E-state index contributed by atoms with van der Waals surface area (Å²) in [4.78, 5) is 23.1. The van der Waals surface area contributed by atoms with Gasteiger partial charge in [-0.1, -0.05) is 23.7 Å². The van der Waals surface area contributed by atoms with E-state index in [9.17, 15) is 9.59 Å². The van der Waals surface area contributed by atoms with Gasteiger partial charge in [-0.2, -0.15) is 0 Å². The molecule has 2 N–H and O–H groups in total. The van der Waals surface area contributed by atoms with Gasteiger partial charge in [-0.05, 0) is 24.3 Å². The minimum Gasteiger partial charge on any atom is -0.482 e. The van der Waals surface area contributed by atoms with Gasteiger partial charge in [0.25, 0.3) is 11.8 Å². The van der Waals surface area contributed by atoms with E-state index in [-0.39, 0.29) is 25.0 Å². The zero-order valence-electron chi connectivity index (χ0n) is 12.0. The predicted molar refractivity (Wildman–Crippen MR) is 86.1 cm³/mol. The summed E-state index contributed by atoms with van der Waals surface area (Å²) in [5.74, 6) is 0.419. The SMILES string of the molecule is O=C(COc1ccccc1Cl)Nc1ccc2c(c1)OCC(=O)N2. The molecular formula is C16H13ClN2O4. The van der Waals surface area contributed by atoms with Gasteiger partial charge in [0.2, 0.25) is 0 Å². The Kier molecular flexibility index (Phi) is 4.34. The zero-order valence-corrected chi connectivity index (χ0v) is 12.7. The lowest BCUT2D eigenvalue weighted by Gasteiger charge is -2.18. The van der Waals surface area contributed by atoms with E-state index in [1.165, 1.54) is 0 Å². The molecule has 1 aliphatic rings. The molecular weight excluding hydrogens is 320 g/mol. The number of carbonyl (C=O) groups excluding carboxylic acids is 2. The van der Waals surface area contributed by atoms with Gasteiger partial charge in [-0.15, -0.1) is 0 Å². The smallest absolute Gasteiger partial charge is 0.262 e. The molecule has 0 saturated heterocycles. The first-order valence-electron chi connectivity index (χ1n) is 6.86. The molecule has 2 aromatic carbocycles. The van der Waals surface area contributed by atoms with Crippen LogP contribution in [0.25, 0.3) is 0 Å². The van der Waals surface area contributed by atoms with E-state index in [4.69, 9.17) is 21.1 Å². The van der Waals surface area contributed by atoms with E-state index in [2.05, 4.69) is 10.6 Å². The number of carbonyl (C=O) groups is 2. The van der Waals surface area contributed by atoms with Crippen molar-refractivity contribution in [3.05, 3.63) is 47.5 Å². The molecule has 2 aromatic rings. The Labute approximate surface area is 137 Å². The van der Waals surface area contributed by atoms with Gasteiger partial charge in [0.05, 0.1) is 10.7 Å². The Bertz CT molecular complexity index is 763. The van der Waals surface area contributed by atoms with E-state index in [0.717, 1.165) is 0 Å². The lowest BCUT2D eigenvalue weighted by atomic mass is 10.2. The molecule has 6 nitrogen and oxygen atoms in total. The van der Waals surface area contributed by atoms with Gasteiger partial charge >= 0.3 is 0 Å². The van der Waals surface area contributed by atoms with Crippen LogP contribution in [0, 0.1) is 0 Å². The summed E-state index contributed by atoms with van der Waals surface area (Å²) in [6, 6.07) is 11.9. The number of rotatable bonds is 4. The highest BCUT2D eigenvalue weighted by molar-refractivity contribution is 6.32. The monoisotopic (exact) mass is 332 g/mol. The quantitative estimate of drug-likeness (QED) is 0.902. The predicted octanol–water partition coefficient (Wildman–Crippen LogP) is 2.69. The summed E-state index contributed by atoms with van der Waals surface area (Å²) in [5, 5.41) is 5.81. The molecule has 1 heterocycles. The van der Waals surface area contributed by atoms with E-state index in [1.807, 2.05) is 0 Å². The number of hydrogen-bond acceptors (Lipinski definition) is 4. The molecule has 2 amide bonds. The fraction of sp³-hybridized carbons (Fsp3) is 0.125. The fourth-order valence-electron chi connectivity index (χ4n) is 2.05. The maximum Gasteiger partial charge on any atom is 0.262 e. The Morgan fingerprint density at radius 3 is 2.96 bits per heavy atom. The number of nitrogens with one attached hydrogen (secondary N) is 2. The Morgan fingerprint density at radius 2 is 2.13 bits per heavy atom. The van der Waals surface area contributed by atoms with Crippen LogP contribution in [0.2, 0.25) is 5.02 Å². The molecule has 0 aromatic heterocycles. The molecule has 0 atom stereocenters. The summed E-state index contributed by atoms with van der Waals surface area (Å²) < 4.78 is 10.7. The first kappa shape index (κ1) is 15.2. The van der Waals surface area contributed by atoms with Crippen LogP contribution < -0.4 is 20.1 Å². The number of fused-ring (bicyclic) bond motifs is 1. The summed E-state index contributed by atoms with van der Waals surface area (Å²) in [5.41, 5.74) is 1.12. The maximum atomic E-state index is 11.9. The van der Waals surface area contributed by atoms with Crippen molar-refractivity contribution < 1.29 is 19.1 Å². The normalized spacial score (nSPS) is 12.7. The van der Waals surface area contributed by atoms with Crippen molar-refractivity contribution in [2.75, 3.05) is 23.8 Å². The average Bonchev–Trinajstić information content (AvgIpc) is 2.54. The second-order valence-electron chi connectivity index (χ2n) is 4.82. The van der Waals surface area contributed by atoms with Crippen molar-refractivity contribution in [3.63, 3.8) is 0 Å². The second kappa shape index (κ2) is 6.58. The fourth-order valence-corrected chi connectivity index (χ4v) is 2.24. The van der Waals surface area contributed by atoms with Gasteiger partial charge in [-0.3, -0.25) is 9.59 Å². The minimum atomic E-state index is -0.329. The van der Waals surface area contributed by atoms with Crippen molar-refractivity contribution in [1.82, 2.24) is 0 Å². The molecule has 118 valence electrons. The number of para-hydroxylation sites is 1. The third-order valence-corrected chi connectivity index (χ3v) is 3.41. The molecule has 0 unspecified atom stereocenters. The van der Waals surface area contributed by atoms with E-state index in [1.54, 1.807) is 42.5 Å². The molecule has 23 heavy (non-hydrogen) atoms. The summed E-state index contributed by atoms with van der Waals surface area (Å²) >= 11 is 5.95. The number of amides is 2. The van der Waals surface area contributed by atoms with Gasteiger partial charge < -0.3 is 20.1 Å². The van der Waals surface area contributed by atoms with Crippen LogP contribution >= 0.6 is 11.6 Å². The molecule has 0 spiro atoms. The van der Waals surface area contributed by atoms with Gasteiger partial charge in [0.1, 0.15) is 11.5 Å². The maximum absolute atomic E-state index is 11.9. The molecule has 1 aliphatic heterocycles. The molecule has 0 radical (unpaired) electrons. The zero-order chi connectivity index (χ0) is 16.2. The highest BCUT2D eigenvalue weighted by Crippen LogP contribution is 2.30. The van der Waals surface area contributed by atoms with Crippen molar-refractivity contribution in [2.24, 2.45) is 0 Å².